The third-order valence-corrected chi connectivity index (χ3v) is 5.53. The van der Waals surface area contributed by atoms with Crippen LogP contribution in [0, 0.1) is 0 Å². The Morgan fingerprint density at radius 3 is 2.35 bits per heavy atom. The van der Waals surface area contributed by atoms with Crippen molar-refractivity contribution in [2.45, 2.75) is 37.3 Å². The largest absolute Gasteiger partial charge is 0.394 e. The van der Waals surface area contributed by atoms with Crippen molar-refractivity contribution < 1.29 is 18.3 Å². The van der Waals surface area contributed by atoms with Crippen LogP contribution in [0.25, 0.3) is 0 Å². The second-order valence-corrected chi connectivity index (χ2v) is 7.42. The quantitative estimate of drug-likeness (QED) is 0.731. The number of aliphatic hydroxyl groups is 1. The van der Waals surface area contributed by atoms with Gasteiger partial charge in [-0.05, 0) is 25.7 Å². The average Bonchev–Trinajstić information content (AvgIpc) is 2.33. The summed E-state index contributed by atoms with van der Waals surface area (Å²) in [5.41, 5.74) is -0.260. The van der Waals surface area contributed by atoms with Gasteiger partial charge in [-0.15, -0.1) is 0 Å². The van der Waals surface area contributed by atoms with Gasteiger partial charge < -0.3 is 15.2 Å². The minimum absolute atomic E-state index is 0.0968. The number of aliphatic hydroxyl groups excluding tert-OH is 1. The van der Waals surface area contributed by atoms with E-state index in [0.29, 0.717) is 26.1 Å². The van der Waals surface area contributed by atoms with Gasteiger partial charge in [0, 0.05) is 24.8 Å². The van der Waals surface area contributed by atoms with E-state index >= 15 is 0 Å². The van der Waals surface area contributed by atoms with Crippen molar-refractivity contribution in [3.63, 3.8) is 0 Å². The van der Waals surface area contributed by atoms with Crippen LogP contribution in [-0.4, -0.2) is 56.4 Å². The summed E-state index contributed by atoms with van der Waals surface area (Å²) in [5, 5.41) is 13.0. The molecule has 0 aromatic carbocycles. The Bertz CT molecular complexity index is 334. The van der Waals surface area contributed by atoms with Crippen LogP contribution in [-0.2, 0) is 14.6 Å². The summed E-state index contributed by atoms with van der Waals surface area (Å²) in [6.45, 7) is 1.43. The molecule has 100 valence electrons. The van der Waals surface area contributed by atoms with Gasteiger partial charge >= 0.3 is 0 Å². The maximum atomic E-state index is 11.3. The lowest BCUT2D eigenvalue weighted by Gasteiger charge is -2.40. The van der Waals surface area contributed by atoms with Crippen LogP contribution in [0.1, 0.15) is 25.7 Å². The van der Waals surface area contributed by atoms with Crippen molar-refractivity contribution in [2.75, 3.05) is 31.3 Å². The number of nitrogens with one attached hydrogen (secondary N) is 1. The maximum Gasteiger partial charge on any atom is 0.150 e. The van der Waals surface area contributed by atoms with Gasteiger partial charge in [0.15, 0.2) is 0 Å². The maximum absolute atomic E-state index is 11.3. The number of sulfone groups is 1. The molecule has 2 aliphatic heterocycles. The minimum atomic E-state index is -2.81. The molecule has 0 spiro atoms. The van der Waals surface area contributed by atoms with E-state index in [1.54, 1.807) is 0 Å². The summed E-state index contributed by atoms with van der Waals surface area (Å²) in [4.78, 5) is 0. The molecule has 0 saturated carbocycles. The molecule has 2 fully saturated rings. The van der Waals surface area contributed by atoms with E-state index in [1.807, 2.05) is 0 Å². The van der Waals surface area contributed by atoms with Gasteiger partial charge in [-0.25, -0.2) is 8.42 Å². The highest BCUT2D eigenvalue weighted by molar-refractivity contribution is 7.91. The molecule has 6 heteroatoms. The van der Waals surface area contributed by atoms with Gasteiger partial charge in [0.2, 0.25) is 0 Å². The number of hydrogen-bond acceptors (Lipinski definition) is 5. The molecule has 17 heavy (non-hydrogen) atoms. The van der Waals surface area contributed by atoms with Crippen LogP contribution in [0.15, 0.2) is 0 Å². The Morgan fingerprint density at radius 1 is 1.24 bits per heavy atom. The van der Waals surface area contributed by atoms with E-state index in [0.717, 1.165) is 12.8 Å². The summed E-state index contributed by atoms with van der Waals surface area (Å²) in [6.07, 6.45) is 2.91. The summed E-state index contributed by atoms with van der Waals surface area (Å²) in [5.74, 6) is 0.533. The Labute approximate surface area is 102 Å². The molecule has 2 rings (SSSR count). The van der Waals surface area contributed by atoms with Gasteiger partial charge in [0.05, 0.1) is 18.1 Å². The van der Waals surface area contributed by atoms with Crippen molar-refractivity contribution in [1.82, 2.24) is 5.32 Å². The van der Waals surface area contributed by atoms with Crippen LogP contribution >= 0.6 is 0 Å². The molecular formula is C11H21NO4S. The first kappa shape index (κ1) is 13.3. The van der Waals surface area contributed by atoms with Gasteiger partial charge in [0.25, 0.3) is 0 Å². The lowest BCUT2D eigenvalue weighted by Crippen LogP contribution is -2.57. The van der Waals surface area contributed by atoms with Crippen molar-refractivity contribution in [2.24, 2.45) is 0 Å². The molecule has 0 aromatic rings. The Hall–Kier alpha value is -0.170. The Balaban J connectivity index is 1.91. The second-order valence-electron chi connectivity index (χ2n) is 5.12. The molecule has 5 nitrogen and oxygen atoms in total. The third-order valence-electron chi connectivity index (χ3n) is 3.82. The predicted octanol–water partition coefficient (Wildman–Crippen LogP) is -0.305. The van der Waals surface area contributed by atoms with Gasteiger partial charge in [-0.2, -0.15) is 0 Å². The Morgan fingerprint density at radius 2 is 1.82 bits per heavy atom. The molecule has 2 N–H and O–H groups in total. The molecule has 0 radical (unpaired) electrons. The first-order chi connectivity index (χ1) is 8.05. The topological polar surface area (TPSA) is 75.6 Å². The highest BCUT2D eigenvalue weighted by Crippen LogP contribution is 2.23. The highest BCUT2D eigenvalue weighted by atomic mass is 32.2. The van der Waals surface area contributed by atoms with Crippen molar-refractivity contribution in [1.29, 1.82) is 0 Å². The van der Waals surface area contributed by atoms with Gasteiger partial charge in [-0.3, -0.25) is 0 Å². The first-order valence-corrected chi connectivity index (χ1v) is 8.04. The van der Waals surface area contributed by atoms with E-state index in [2.05, 4.69) is 5.32 Å². The van der Waals surface area contributed by atoms with E-state index in [1.165, 1.54) is 0 Å². The van der Waals surface area contributed by atoms with Crippen LogP contribution in [0.5, 0.6) is 0 Å². The molecule has 0 aromatic heterocycles. The van der Waals surface area contributed by atoms with E-state index in [9.17, 15) is 13.5 Å². The number of rotatable bonds is 3. The molecule has 2 aliphatic rings. The average molecular weight is 263 g/mol. The van der Waals surface area contributed by atoms with Crippen LogP contribution in [0.3, 0.4) is 0 Å². The van der Waals surface area contributed by atoms with Gasteiger partial charge in [0.1, 0.15) is 9.84 Å². The van der Waals surface area contributed by atoms with Crippen LogP contribution < -0.4 is 5.32 Å². The SMILES string of the molecule is O=S1(=O)CCC(NC2(CO)CCOCC2)CC1. The molecule has 0 aliphatic carbocycles. The molecule has 0 bridgehead atoms. The highest BCUT2D eigenvalue weighted by Gasteiger charge is 2.35. The molecule has 0 amide bonds. The standard InChI is InChI=1S/C11H21NO4S/c13-9-11(3-5-16-6-4-11)12-10-1-7-17(14,15)8-2-10/h10,12-13H,1-9H2. The second kappa shape index (κ2) is 5.22. The fourth-order valence-electron chi connectivity index (χ4n) is 2.58. The molecule has 0 atom stereocenters. The van der Waals surface area contributed by atoms with E-state index in [-0.39, 0.29) is 29.7 Å². The van der Waals surface area contributed by atoms with Crippen LogP contribution in [0.4, 0.5) is 0 Å². The first-order valence-electron chi connectivity index (χ1n) is 6.22. The Kier molecular flexibility index (Phi) is 4.07. The van der Waals surface area contributed by atoms with E-state index < -0.39 is 9.84 Å². The summed E-state index contributed by atoms with van der Waals surface area (Å²) < 4.78 is 28.0. The van der Waals surface area contributed by atoms with Crippen molar-refractivity contribution >= 4 is 9.84 Å². The van der Waals surface area contributed by atoms with Crippen molar-refractivity contribution in [3.05, 3.63) is 0 Å². The van der Waals surface area contributed by atoms with Gasteiger partial charge in [-0.1, -0.05) is 0 Å². The third kappa shape index (κ3) is 3.40. The fraction of sp³-hybridized carbons (Fsp3) is 1.00. The number of ether oxygens (including phenoxy) is 1. The summed E-state index contributed by atoms with van der Waals surface area (Å²) in [6, 6.07) is 0.212. The normalized spacial score (nSPS) is 29.0. The molecular weight excluding hydrogens is 242 g/mol. The molecule has 2 heterocycles. The van der Waals surface area contributed by atoms with Crippen LogP contribution in [0.2, 0.25) is 0 Å². The molecule has 0 unspecified atom stereocenters. The van der Waals surface area contributed by atoms with Crippen molar-refractivity contribution in [3.8, 4) is 0 Å². The fourth-order valence-corrected chi connectivity index (χ4v) is 4.07. The smallest absolute Gasteiger partial charge is 0.150 e. The zero-order valence-corrected chi connectivity index (χ0v) is 10.8. The van der Waals surface area contributed by atoms with E-state index in [4.69, 9.17) is 4.74 Å². The predicted molar refractivity (Wildman–Crippen MR) is 64.7 cm³/mol. The minimum Gasteiger partial charge on any atom is -0.394 e. The lowest BCUT2D eigenvalue weighted by atomic mass is 9.89. The zero-order chi connectivity index (χ0) is 12.4. The summed E-state index contributed by atoms with van der Waals surface area (Å²) >= 11 is 0. The lowest BCUT2D eigenvalue weighted by molar-refractivity contribution is 0.00600. The number of hydrogen-bond donors (Lipinski definition) is 2. The summed E-state index contributed by atoms with van der Waals surface area (Å²) in [7, 11) is -2.81. The molecule has 2 saturated heterocycles. The zero-order valence-electron chi connectivity index (χ0n) is 10.0. The monoisotopic (exact) mass is 263 g/mol.